The lowest BCUT2D eigenvalue weighted by Gasteiger charge is -2.07. The predicted octanol–water partition coefficient (Wildman–Crippen LogP) is 3.10. The van der Waals surface area contributed by atoms with Gasteiger partial charge in [-0.15, -0.1) is 0 Å². The largest absolute Gasteiger partial charge is 0.504 e. The number of aryl methyl sites for hydroxylation is 1. The number of aliphatic hydroxyl groups is 1. The topological polar surface area (TPSA) is 75.4 Å². The zero-order chi connectivity index (χ0) is 15.5. The second-order valence-corrected chi connectivity index (χ2v) is 4.09. The maximum absolute atomic E-state index is 12.3. The Morgan fingerprint density at radius 3 is 2.50 bits per heavy atom. The summed E-state index contributed by atoms with van der Waals surface area (Å²) >= 11 is 5.63. The van der Waals surface area contributed by atoms with Gasteiger partial charge in [0.25, 0.3) is 5.95 Å². The number of alkyl halides is 3. The molecule has 0 radical (unpaired) electrons. The van der Waals surface area contributed by atoms with Crippen molar-refractivity contribution in [3.8, 4) is 0 Å². The van der Waals surface area contributed by atoms with E-state index in [0.29, 0.717) is 11.9 Å². The smallest absolute Gasteiger partial charge is 0.449 e. The normalized spacial score (nSPS) is 13.5. The summed E-state index contributed by atoms with van der Waals surface area (Å²) in [7, 11) is 0. The van der Waals surface area contributed by atoms with Crippen LogP contribution in [0.4, 0.5) is 19.1 Å². The van der Waals surface area contributed by atoms with Gasteiger partial charge in [0.1, 0.15) is 5.15 Å². The maximum atomic E-state index is 12.3. The molecule has 0 aromatic carbocycles. The fraction of sp³-hybridized carbons (Fsp3) is 0.273. The number of aliphatic imine (C=N–C) groups is 1. The van der Waals surface area contributed by atoms with Crippen molar-refractivity contribution in [3.63, 3.8) is 0 Å². The van der Waals surface area contributed by atoms with E-state index >= 15 is 0 Å². The number of hydrogen-bond donors (Lipinski definition) is 1. The molecule has 1 heterocycles. The Hall–Kier alpha value is -1.96. The Labute approximate surface area is 116 Å². The average molecular weight is 308 g/mol. The van der Waals surface area contributed by atoms with Crippen LogP contribution in [0.15, 0.2) is 22.4 Å². The number of Topliss-reactive ketones (excluding diaryl/α,β-unsaturated/α-hetero) is 1. The van der Waals surface area contributed by atoms with E-state index in [1.165, 1.54) is 6.07 Å². The van der Waals surface area contributed by atoms with Gasteiger partial charge in [0.2, 0.25) is 5.76 Å². The Kier molecular flexibility index (Phi) is 4.83. The molecule has 5 nitrogen and oxygen atoms in total. The van der Waals surface area contributed by atoms with Crippen LogP contribution < -0.4 is 0 Å². The molecular formula is C11H9ClF3N3O2. The number of aliphatic hydroxyl groups excluding tert-OH is 1. The van der Waals surface area contributed by atoms with Crippen LogP contribution in [-0.4, -0.2) is 33.2 Å². The molecule has 1 aromatic heterocycles. The van der Waals surface area contributed by atoms with E-state index in [1.54, 1.807) is 6.92 Å². The van der Waals surface area contributed by atoms with Gasteiger partial charge < -0.3 is 5.11 Å². The summed E-state index contributed by atoms with van der Waals surface area (Å²) in [6.07, 6.45) is -4.49. The highest BCUT2D eigenvalue weighted by atomic mass is 35.5. The predicted molar refractivity (Wildman–Crippen MR) is 66.3 cm³/mol. The Morgan fingerprint density at radius 1 is 1.45 bits per heavy atom. The van der Waals surface area contributed by atoms with Crippen molar-refractivity contribution in [1.29, 1.82) is 0 Å². The standard InChI is InChI=1S/C11H9ClF3N3O2/c1-5-3-8(12)18-10(17-5)16-4-7(6(2)19)9(20)11(13,14)15/h3-4,20H,1-2H3/b9-7+,16-4+. The van der Waals surface area contributed by atoms with Gasteiger partial charge in [-0.05, 0) is 19.9 Å². The molecule has 0 aliphatic carbocycles. The van der Waals surface area contributed by atoms with Crippen LogP contribution in [0.1, 0.15) is 12.6 Å². The van der Waals surface area contributed by atoms with Gasteiger partial charge in [-0.1, -0.05) is 11.6 Å². The van der Waals surface area contributed by atoms with Crippen molar-refractivity contribution in [2.75, 3.05) is 0 Å². The number of rotatable bonds is 3. The summed E-state index contributed by atoms with van der Waals surface area (Å²) in [4.78, 5) is 22.1. The molecular weight excluding hydrogens is 299 g/mol. The second-order valence-electron chi connectivity index (χ2n) is 3.71. The monoisotopic (exact) mass is 307 g/mol. The minimum absolute atomic E-state index is 0.0537. The van der Waals surface area contributed by atoms with Gasteiger partial charge in [-0.2, -0.15) is 18.2 Å². The van der Waals surface area contributed by atoms with Crippen LogP contribution in [0.25, 0.3) is 0 Å². The van der Waals surface area contributed by atoms with E-state index in [9.17, 15) is 18.0 Å². The first-order valence-electron chi connectivity index (χ1n) is 5.18. The van der Waals surface area contributed by atoms with Gasteiger partial charge in [-0.3, -0.25) is 4.79 Å². The van der Waals surface area contributed by atoms with Crippen molar-refractivity contribution >= 4 is 29.5 Å². The van der Waals surface area contributed by atoms with Crippen LogP contribution in [0.3, 0.4) is 0 Å². The summed E-state index contributed by atoms with van der Waals surface area (Å²) < 4.78 is 37.0. The van der Waals surface area contributed by atoms with Gasteiger partial charge in [0.15, 0.2) is 5.78 Å². The Morgan fingerprint density at radius 2 is 2.05 bits per heavy atom. The summed E-state index contributed by atoms with van der Waals surface area (Å²) in [6.45, 7) is 2.45. The van der Waals surface area contributed by atoms with Gasteiger partial charge >= 0.3 is 6.18 Å². The summed E-state index contributed by atoms with van der Waals surface area (Å²) in [5.74, 6) is -3.24. The number of hydrogen-bond acceptors (Lipinski definition) is 5. The Bertz CT molecular complexity index is 577. The van der Waals surface area contributed by atoms with Crippen LogP contribution >= 0.6 is 11.6 Å². The molecule has 0 atom stereocenters. The van der Waals surface area contributed by atoms with E-state index < -0.39 is 23.3 Å². The third-order valence-corrected chi connectivity index (χ3v) is 2.22. The van der Waals surface area contributed by atoms with E-state index in [2.05, 4.69) is 15.0 Å². The number of carbonyl (C=O) groups excluding carboxylic acids is 1. The van der Waals surface area contributed by atoms with Gasteiger partial charge in [0, 0.05) is 11.9 Å². The lowest BCUT2D eigenvalue weighted by Crippen LogP contribution is -2.17. The van der Waals surface area contributed by atoms with Crippen molar-refractivity contribution in [3.05, 3.63) is 28.2 Å². The molecule has 0 spiro atoms. The first-order chi connectivity index (χ1) is 9.11. The van der Waals surface area contributed by atoms with E-state index in [1.807, 2.05) is 0 Å². The average Bonchev–Trinajstić information content (AvgIpc) is 2.25. The molecule has 0 amide bonds. The summed E-state index contributed by atoms with van der Waals surface area (Å²) in [6, 6.07) is 1.43. The quantitative estimate of drug-likeness (QED) is 0.403. The highest BCUT2D eigenvalue weighted by molar-refractivity contribution is 6.29. The Balaban J connectivity index is 3.21. The van der Waals surface area contributed by atoms with E-state index in [4.69, 9.17) is 16.7 Å². The van der Waals surface area contributed by atoms with Crippen LogP contribution in [0.2, 0.25) is 5.15 Å². The molecule has 0 aliphatic rings. The number of aromatic nitrogens is 2. The van der Waals surface area contributed by atoms with Crippen molar-refractivity contribution in [2.45, 2.75) is 20.0 Å². The summed E-state index contributed by atoms with van der Waals surface area (Å²) in [5, 5.41) is 9.03. The lowest BCUT2D eigenvalue weighted by molar-refractivity contribution is -0.125. The van der Waals surface area contributed by atoms with Crippen LogP contribution in [0.5, 0.6) is 0 Å². The SMILES string of the molecule is CC(=O)C(/C=N/c1nc(C)cc(Cl)n1)=C(/O)C(F)(F)F. The van der Waals surface area contributed by atoms with Gasteiger partial charge in [0.05, 0.1) is 5.57 Å². The number of halogens is 4. The zero-order valence-corrected chi connectivity index (χ0v) is 11.1. The van der Waals surface area contributed by atoms with Crippen molar-refractivity contribution in [2.24, 2.45) is 4.99 Å². The van der Waals surface area contributed by atoms with Gasteiger partial charge in [-0.25, -0.2) is 9.98 Å². The highest BCUT2D eigenvalue weighted by Crippen LogP contribution is 2.26. The molecule has 0 bridgehead atoms. The molecule has 20 heavy (non-hydrogen) atoms. The lowest BCUT2D eigenvalue weighted by atomic mass is 10.1. The van der Waals surface area contributed by atoms with E-state index in [0.717, 1.165) is 6.92 Å². The second kappa shape index (κ2) is 6.00. The van der Waals surface area contributed by atoms with Crippen LogP contribution in [-0.2, 0) is 4.79 Å². The maximum Gasteiger partial charge on any atom is 0.449 e. The molecule has 1 aromatic rings. The zero-order valence-electron chi connectivity index (χ0n) is 10.4. The minimum Gasteiger partial charge on any atom is -0.504 e. The van der Waals surface area contributed by atoms with Crippen LogP contribution in [0, 0.1) is 6.92 Å². The first-order valence-corrected chi connectivity index (χ1v) is 5.55. The number of allylic oxidation sites excluding steroid dienone is 2. The molecule has 0 fully saturated rings. The molecule has 0 saturated carbocycles. The fourth-order valence-corrected chi connectivity index (χ4v) is 1.40. The molecule has 1 rings (SSSR count). The molecule has 0 saturated heterocycles. The number of carbonyl (C=O) groups is 1. The number of nitrogens with zero attached hydrogens (tertiary/aromatic N) is 3. The van der Waals surface area contributed by atoms with Crippen molar-refractivity contribution in [1.82, 2.24) is 9.97 Å². The first kappa shape index (κ1) is 16.1. The highest BCUT2D eigenvalue weighted by Gasteiger charge is 2.37. The molecule has 0 unspecified atom stereocenters. The molecule has 1 N–H and O–H groups in total. The minimum atomic E-state index is -5.04. The summed E-state index contributed by atoms with van der Waals surface area (Å²) in [5.41, 5.74) is -0.538. The fourth-order valence-electron chi connectivity index (χ4n) is 1.17. The molecule has 9 heteroatoms. The third kappa shape index (κ3) is 4.30. The number of ketones is 1. The van der Waals surface area contributed by atoms with Crippen molar-refractivity contribution < 1.29 is 23.1 Å². The van der Waals surface area contributed by atoms with E-state index in [-0.39, 0.29) is 11.1 Å². The molecule has 0 aliphatic heterocycles. The third-order valence-electron chi connectivity index (χ3n) is 2.02. The molecule has 108 valence electrons.